The standard InChI is InChI=1S/C14H13N3O/c1-9-7-10(3-4-13(9)18-2)14-16-11-5-6-15-8-12(11)17-14/h3-8H,1-2H3,(H,16,17). The topological polar surface area (TPSA) is 50.8 Å². The van der Waals surface area contributed by atoms with Crippen LogP contribution in [0, 0.1) is 6.92 Å². The van der Waals surface area contributed by atoms with Crippen molar-refractivity contribution in [3.8, 4) is 17.1 Å². The van der Waals surface area contributed by atoms with Crippen LogP contribution in [0.3, 0.4) is 0 Å². The summed E-state index contributed by atoms with van der Waals surface area (Å²) in [7, 11) is 1.68. The number of hydrogen-bond donors (Lipinski definition) is 1. The minimum absolute atomic E-state index is 0.851. The number of aromatic amines is 1. The molecule has 0 atom stereocenters. The SMILES string of the molecule is COc1ccc(-c2nc3ccncc3[nH]2)cc1C. The fourth-order valence-electron chi connectivity index (χ4n) is 2.02. The van der Waals surface area contributed by atoms with Gasteiger partial charge in [-0.25, -0.2) is 4.98 Å². The quantitative estimate of drug-likeness (QED) is 0.748. The second kappa shape index (κ2) is 4.14. The molecule has 18 heavy (non-hydrogen) atoms. The Labute approximate surface area is 105 Å². The number of methoxy groups -OCH3 is 1. The zero-order valence-corrected chi connectivity index (χ0v) is 10.3. The monoisotopic (exact) mass is 239 g/mol. The lowest BCUT2D eigenvalue weighted by Crippen LogP contribution is -1.88. The maximum Gasteiger partial charge on any atom is 0.138 e. The first kappa shape index (κ1) is 10.8. The van der Waals surface area contributed by atoms with Crippen LogP contribution in [0.5, 0.6) is 5.75 Å². The summed E-state index contributed by atoms with van der Waals surface area (Å²) in [5.41, 5.74) is 4.01. The molecule has 0 aliphatic rings. The Kier molecular flexibility index (Phi) is 2.48. The molecule has 0 unspecified atom stereocenters. The van der Waals surface area contributed by atoms with Crippen molar-refractivity contribution in [2.45, 2.75) is 6.92 Å². The molecule has 3 rings (SSSR count). The first-order valence-electron chi connectivity index (χ1n) is 5.72. The van der Waals surface area contributed by atoms with Crippen molar-refractivity contribution in [1.29, 1.82) is 0 Å². The van der Waals surface area contributed by atoms with E-state index in [1.807, 2.05) is 25.1 Å². The Balaban J connectivity index is 2.11. The number of imidazole rings is 1. The van der Waals surface area contributed by atoms with Gasteiger partial charge in [-0.15, -0.1) is 0 Å². The second-order valence-electron chi connectivity index (χ2n) is 4.16. The molecule has 4 nitrogen and oxygen atoms in total. The third-order valence-electron chi connectivity index (χ3n) is 2.95. The number of ether oxygens (including phenoxy) is 1. The Hall–Kier alpha value is -2.36. The van der Waals surface area contributed by atoms with Gasteiger partial charge in [0.15, 0.2) is 0 Å². The highest BCUT2D eigenvalue weighted by atomic mass is 16.5. The van der Waals surface area contributed by atoms with Crippen LogP contribution in [0.25, 0.3) is 22.4 Å². The van der Waals surface area contributed by atoms with Crippen molar-refractivity contribution in [3.05, 3.63) is 42.2 Å². The van der Waals surface area contributed by atoms with E-state index in [1.54, 1.807) is 19.5 Å². The van der Waals surface area contributed by atoms with E-state index in [4.69, 9.17) is 4.74 Å². The van der Waals surface area contributed by atoms with Gasteiger partial charge in [-0.2, -0.15) is 0 Å². The maximum absolute atomic E-state index is 5.25. The van der Waals surface area contributed by atoms with E-state index in [0.29, 0.717) is 0 Å². The third kappa shape index (κ3) is 1.72. The van der Waals surface area contributed by atoms with E-state index < -0.39 is 0 Å². The first-order valence-corrected chi connectivity index (χ1v) is 5.72. The van der Waals surface area contributed by atoms with Crippen LogP contribution in [0.2, 0.25) is 0 Å². The largest absolute Gasteiger partial charge is 0.496 e. The fraction of sp³-hybridized carbons (Fsp3) is 0.143. The number of benzene rings is 1. The molecule has 0 fully saturated rings. The van der Waals surface area contributed by atoms with Gasteiger partial charge in [0.1, 0.15) is 11.6 Å². The number of fused-ring (bicyclic) bond motifs is 1. The van der Waals surface area contributed by atoms with Crippen LogP contribution in [-0.2, 0) is 0 Å². The van der Waals surface area contributed by atoms with Gasteiger partial charge in [-0.1, -0.05) is 0 Å². The zero-order valence-electron chi connectivity index (χ0n) is 10.3. The van der Waals surface area contributed by atoms with E-state index in [9.17, 15) is 0 Å². The Morgan fingerprint density at radius 1 is 1.22 bits per heavy atom. The van der Waals surface area contributed by atoms with Crippen molar-refractivity contribution >= 4 is 11.0 Å². The van der Waals surface area contributed by atoms with E-state index in [2.05, 4.69) is 21.0 Å². The minimum atomic E-state index is 0.851. The van der Waals surface area contributed by atoms with Crippen molar-refractivity contribution in [2.75, 3.05) is 7.11 Å². The lowest BCUT2D eigenvalue weighted by molar-refractivity contribution is 0.412. The summed E-state index contributed by atoms with van der Waals surface area (Å²) < 4.78 is 5.25. The molecule has 2 heterocycles. The average molecular weight is 239 g/mol. The van der Waals surface area contributed by atoms with Crippen molar-refractivity contribution in [1.82, 2.24) is 15.0 Å². The second-order valence-corrected chi connectivity index (χ2v) is 4.16. The van der Waals surface area contributed by atoms with E-state index in [1.165, 1.54) is 0 Å². The maximum atomic E-state index is 5.25. The molecule has 1 aromatic carbocycles. The predicted molar refractivity (Wildman–Crippen MR) is 70.6 cm³/mol. The van der Waals surface area contributed by atoms with Gasteiger partial charge in [0.2, 0.25) is 0 Å². The lowest BCUT2D eigenvalue weighted by atomic mass is 10.1. The van der Waals surface area contributed by atoms with Crippen molar-refractivity contribution < 1.29 is 4.74 Å². The van der Waals surface area contributed by atoms with Gasteiger partial charge in [-0.05, 0) is 36.8 Å². The molecular formula is C14H13N3O. The summed E-state index contributed by atoms with van der Waals surface area (Å²) in [6.45, 7) is 2.02. The van der Waals surface area contributed by atoms with Crippen molar-refractivity contribution in [2.24, 2.45) is 0 Å². The summed E-state index contributed by atoms with van der Waals surface area (Å²) in [4.78, 5) is 11.9. The molecule has 0 spiro atoms. The van der Waals surface area contributed by atoms with Crippen LogP contribution in [0.1, 0.15) is 5.56 Å². The lowest BCUT2D eigenvalue weighted by Gasteiger charge is -2.05. The molecule has 0 aliphatic heterocycles. The predicted octanol–water partition coefficient (Wildman–Crippen LogP) is 2.94. The number of nitrogens with zero attached hydrogens (tertiary/aromatic N) is 2. The number of hydrogen-bond acceptors (Lipinski definition) is 3. The number of aromatic nitrogens is 3. The van der Waals surface area contributed by atoms with Gasteiger partial charge in [-0.3, -0.25) is 4.98 Å². The average Bonchev–Trinajstić information content (AvgIpc) is 2.82. The highest BCUT2D eigenvalue weighted by molar-refractivity contribution is 5.78. The van der Waals surface area contributed by atoms with Gasteiger partial charge in [0, 0.05) is 11.8 Å². The number of nitrogens with one attached hydrogen (secondary N) is 1. The van der Waals surface area contributed by atoms with E-state index in [-0.39, 0.29) is 0 Å². The van der Waals surface area contributed by atoms with Crippen LogP contribution in [0.15, 0.2) is 36.7 Å². The molecule has 1 N–H and O–H groups in total. The Morgan fingerprint density at radius 2 is 2.11 bits per heavy atom. The molecule has 0 saturated heterocycles. The van der Waals surface area contributed by atoms with Gasteiger partial charge >= 0.3 is 0 Å². The zero-order chi connectivity index (χ0) is 12.5. The van der Waals surface area contributed by atoms with Crippen LogP contribution < -0.4 is 4.74 Å². The molecule has 0 saturated carbocycles. The molecule has 0 bridgehead atoms. The number of H-pyrrole nitrogens is 1. The number of rotatable bonds is 2. The molecule has 0 aliphatic carbocycles. The molecule has 2 aromatic heterocycles. The fourth-order valence-corrected chi connectivity index (χ4v) is 2.02. The molecule has 0 radical (unpaired) electrons. The molecular weight excluding hydrogens is 226 g/mol. The van der Waals surface area contributed by atoms with E-state index >= 15 is 0 Å². The first-order chi connectivity index (χ1) is 8.78. The Bertz CT molecular complexity index is 670. The van der Waals surface area contributed by atoms with E-state index in [0.717, 1.165) is 33.7 Å². The molecule has 4 heteroatoms. The molecule has 0 amide bonds. The number of pyridine rings is 1. The summed E-state index contributed by atoms with van der Waals surface area (Å²) >= 11 is 0. The third-order valence-corrected chi connectivity index (χ3v) is 2.95. The van der Waals surface area contributed by atoms with Crippen LogP contribution in [0.4, 0.5) is 0 Å². The van der Waals surface area contributed by atoms with Crippen LogP contribution in [-0.4, -0.2) is 22.1 Å². The highest BCUT2D eigenvalue weighted by Crippen LogP contribution is 2.25. The van der Waals surface area contributed by atoms with Gasteiger partial charge < -0.3 is 9.72 Å². The summed E-state index contributed by atoms with van der Waals surface area (Å²) in [5.74, 6) is 1.74. The van der Waals surface area contributed by atoms with Crippen molar-refractivity contribution in [3.63, 3.8) is 0 Å². The smallest absolute Gasteiger partial charge is 0.138 e. The van der Waals surface area contributed by atoms with Gasteiger partial charge in [0.25, 0.3) is 0 Å². The summed E-state index contributed by atoms with van der Waals surface area (Å²) in [6, 6.07) is 7.91. The van der Waals surface area contributed by atoms with Gasteiger partial charge in [0.05, 0.1) is 24.3 Å². The highest BCUT2D eigenvalue weighted by Gasteiger charge is 2.07. The van der Waals surface area contributed by atoms with Crippen LogP contribution >= 0.6 is 0 Å². The molecule has 3 aromatic rings. The normalized spacial score (nSPS) is 10.8. The Morgan fingerprint density at radius 3 is 2.83 bits per heavy atom. The number of aryl methyl sites for hydroxylation is 1. The minimum Gasteiger partial charge on any atom is -0.496 e. The molecule has 90 valence electrons. The summed E-state index contributed by atoms with van der Waals surface area (Å²) in [6.07, 6.45) is 3.52. The summed E-state index contributed by atoms with van der Waals surface area (Å²) in [5, 5.41) is 0.